The molecule has 0 N–H and O–H groups in total. The van der Waals surface area contributed by atoms with Gasteiger partial charge in [0, 0.05) is 31.9 Å². The second kappa shape index (κ2) is 10.1. The Morgan fingerprint density at radius 1 is 0.865 bits per heavy atom. The molecule has 0 saturated carbocycles. The first-order valence-corrected chi connectivity index (χ1v) is 13.5. The van der Waals surface area contributed by atoms with Gasteiger partial charge < -0.3 is 4.90 Å². The predicted octanol–water partition coefficient (Wildman–Crippen LogP) is 4.48. The Balaban J connectivity index is 1.21. The SMILES string of the molecule is O=C1N(Cc2ccccn2)C(=O)C2(CCN([C@@H]3CCc4ccccc4C3)CC2)N1CCc1ccccc1. The number of aromatic nitrogens is 1. The molecule has 6 nitrogen and oxygen atoms in total. The minimum absolute atomic E-state index is 0.0511. The van der Waals surface area contributed by atoms with Crippen LogP contribution >= 0.6 is 0 Å². The third-order valence-corrected chi connectivity index (χ3v) is 8.60. The quantitative estimate of drug-likeness (QED) is 0.474. The van der Waals surface area contributed by atoms with Crippen LogP contribution in [0.15, 0.2) is 79.0 Å². The molecule has 3 amide bonds. The maximum absolute atomic E-state index is 14.0. The lowest BCUT2D eigenvalue weighted by molar-refractivity contribution is -0.136. The summed E-state index contributed by atoms with van der Waals surface area (Å²) in [7, 11) is 0. The summed E-state index contributed by atoms with van der Waals surface area (Å²) in [6.45, 7) is 2.45. The summed E-state index contributed by atoms with van der Waals surface area (Å²) in [4.78, 5) is 38.0. The monoisotopic (exact) mass is 494 g/mol. The number of benzene rings is 2. The standard InChI is InChI=1S/C31H34N4O2/c36-29-31(16-20-33(21-17-31)28-14-13-25-10-4-5-11-26(25)22-28)35(19-15-24-8-2-1-3-9-24)30(37)34(29)23-27-12-6-7-18-32-27/h1-12,18,28H,13-17,19-23H2/t28-/m1/s1. The summed E-state index contributed by atoms with van der Waals surface area (Å²) in [5.41, 5.74) is 4.09. The van der Waals surface area contributed by atoms with Crippen molar-refractivity contribution in [1.29, 1.82) is 0 Å². The molecule has 6 rings (SSSR count). The molecule has 6 heteroatoms. The molecule has 190 valence electrons. The van der Waals surface area contributed by atoms with Gasteiger partial charge in [-0.25, -0.2) is 4.79 Å². The highest BCUT2D eigenvalue weighted by molar-refractivity contribution is 6.07. The zero-order valence-electron chi connectivity index (χ0n) is 21.3. The molecule has 0 unspecified atom stereocenters. The van der Waals surface area contributed by atoms with E-state index in [1.165, 1.54) is 21.6 Å². The molecule has 2 saturated heterocycles. The number of imide groups is 1. The number of hydrogen-bond donors (Lipinski definition) is 0. The molecule has 2 aliphatic heterocycles. The summed E-state index contributed by atoms with van der Waals surface area (Å²) in [5.74, 6) is -0.0511. The van der Waals surface area contributed by atoms with Crippen LogP contribution in [0.3, 0.4) is 0 Å². The number of urea groups is 1. The van der Waals surface area contributed by atoms with E-state index in [0.29, 0.717) is 25.4 Å². The molecular formula is C31H34N4O2. The molecule has 37 heavy (non-hydrogen) atoms. The summed E-state index contributed by atoms with van der Waals surface area (Å²) in [5, 5.41) is 0. The highest BCUT2D eigenvalue weighted by Crippen LogP contribution is 2.39. The Hall–Kier alpha value is -3.51. The largest absolute Gasteiger partial charge is 0.328 e. The van der Waals surface area contributed by atoms with Gasteiger partial charge in [0.05, 0.1) is 12.2 Å². The van der Waals surface area contributed by atoms with Crippen molar-refractivity contribution >= 4 is 11.9 Å². The summed E-state index contributed by atoms with van der Waals surface area (Å²) >= 11 is 0. The number of carbonyl (C=O) groups excluding carboxylic acids is 2. The number of rotatable bonds is 6. The number of amides is 3. The second-order valence-electron chi connectivity index (χ2n) is 10.6. The van der Waals surface area contributed by atoms with E-state index in [1.54, 1.807) is 6.20 Å². The van der Waals surface area contributed by atoms with Crippen LogP contribution in [0.4, 0.5) is 4.79 Å². The number of hydrogen-bond acceptors (Lipinski definition) is 4. The highest BCUT2D eigenvalue weighted by atomic mass is 16.2. The maximum atomic E-state index is 14.0. The zero-order valence-corrected chi connectivity index (χ0v) is 21.3. The molecule has 0 radical (unpaired) electrons. The number of carbonyl (C=O) groups is 2. The summed E-state index contributed by atoms with van der Waals surface area (Å²) in [6, 6.07) is 25.0. The Bertz CT molecular complexity index is 1250. The van der Waals surface area contributed by atoms with E-state index in [4.69, 9.17) is 0 Å². The minimum atomic E-state index is -0.760. The van der Waals surface area contributed by atoms with Crippen molar-refractivity contribution in [3.8, 4) is 0 Å². The Labute approximate surface area is 218 Å². The average Bonchev–Trinajstić information content (AvgIpc) is 3.14. The topological polar surface area (TPSA) is 56.8 Å². The smallest absolute Gasteiger partial charge is 0.309 e. The molecule has 1 aromatic heterocycles. The van der Waals surface area contributed by atoms with E-state index >= 15 is 0 Å². The van der Waals surface area contributed by atoms with Crippen LogP contribution in [0.5, 0.6) is 0 Å². The van der Waals surface area contributed by atoms with Gasteiger partial charge in [-0.05, 0) is 67.3 Å². The lowest BCUT2D eigenvalue weighted by Crippen LogP contribution is -2.58. The number of likely N-dealkylation sites (tertiary alicyclic amines) is 1. The van der Waals surface area contributed by atoms with E-state index in [9.17, 15) is 9.59 Å². The van der Waals surface area contributed by atoms with Crippen LogP contribution in [0, 0.1) is 0 Å². The number of pyridine rings is 1. The van der Waals surface area contributed by atoms with Crippen LogP contribution in [0.1, 0.15) is 41.6 Å². The van der Waals surface area contributed by atoms with Gasteiger partial charge in [0.1, 0.15) is 5.54 Å². The van der Waals surface area contributed by atoms with E-state index in [0.717, 1.165) is 44.5 Å². The van der Waals surface area contributed by atoms with E-state index < -0.39 is 5.54 Å². The number of piperidine rings is 1. The van der Waals surface area contributed by atoms with E-state index in [1.807, 2.05) is 41.3 Å². The van der Waals surface area contributed by atoms with Gasteiger partial charge in [0.15, 0.2) is 0 Å². The van der Waals surface area contributed by atoms with Gasteiger partial charge in [0.25, 0.3) is 5.91 Å². The highest BCUT2D eigenvalue weighted by Gasteiger charge is 2.58. The van der Waals surface area contributed by atoms with Gasteiger partial charge in [-0.1, -0.05) is 60.7 Å². The summed E-state index contributed by atoms with van der Waals surface area (Å²) < 4.78 is 0. The van der Waals surface area contributed by atoms with Crippen LogP contribution in [0.2, 0.25) is 0 Å². The van der Waals surface area contributed by atoms with Crippen LogP contribution in [0.25, 0.3) is 0 Å². The molecule has 2 fully saturated rings. The first-order valence-electron chi connectivity index (χ1n) is 13.5. The molecule has 1 aliphatic carbocycles. The fraction of sp³-hybridized carbons (Fsp3) is 0.387. The molecule has 0 bridgehead atoms. The summed E-state index contributed by atoms with van der Waals surface area (Å²) in [6.07, 6.45) is 7.15. The lowest BCUT2D eigenvalue weighted by atomic mass is 9.82. The fourth-order valence-electron chi connectivity index (χ4n) is 6.50. The fourth-order valence-corrected chi connectivity index (χ4v) is 6.50. The molecule has 3 aromatic rings. The van der Waals surface area contributed by atoms with Crippen molar-refractivity contribution < 1.29 is 9.59 Å². The maximum Gasteiger partial charge on any atom is 0.328 e. The first kappa shape index (κ1) is 23.9. The average molecular weight is 495 g/mol. The van der Waals surface area contributed by atoms with Crippen molar-refractivity contribution in [2.24, 2.45) is 0 Å². The molecule has 3 aliphatic rings. The molecule has 2 aromatic carbocycles. The van der Waals surface area contributed by atoms with Gasteiger partial charge >= 0.3 is 6.03 Å². The lowest BCUT2D eigenvalue weighted by Gasteiger charge is -2.45. The Kier molecular flexibility index (Phi) is 6.51. The minimum Gasteiger partial charge on any atom is -0.309 e. The van der Waals surface area contributed by atoms with Crippen LogP contribution in [-0.4, -0.2) is 62.8 Å². The third kappa shape index (κ3) is 4.55. The van der Waals surface area contributed by atoms with Crippen molar-refractivity contribution in [2.45, 2.75) is 56.7 Å². The van der Waals surface area contributed by atoms with Crippen LogP contribution < -0.4 is 0 Å². The Morgan fingerprint density at radius 3 is 2.35 bits per heavy atom. The van der Waals surface area contributed by atoms with Gasteiger partial charge in [-0.15, -0.1) is 0 Å². The predicted molar refractivity (Wildman–Crippen MR) is 143 cm³/mol. The second-order valence-corrected chi connectivity index (χ2v) is 10.6. The zero-order chi connectivity index (χ0) is 25.2. The van der Waals surface area contributed by atoms with Crippen molar-refractivity contribution in [3.05, 3.63) is 101 Å². The van der Waals surface area contributed by atoms with E-state index in [2.05, 4.69) is 46.3 Å². The van der Waals surface area contributed by atoms with Gasteiger partial charge in [0.2, 0.25) is 0 Å². The number of aryl methyl sites for hydroxylation is 1. The van der Waals surface area contributed by atoms with E-state index in [-0.39, 0.29) is 18.5 Å². The number of nitrogens with zero attached hydrogens (tertiary/aromatic N) is 4. The molecule has 3 heterocycles. The van der Waals surface area contributed by atoms with Crippen molar-refractivity contribution in [3.63, 3.8) is 0 Å². The van der Waals surface area contributed by atoms with Crippen LogP contribution in [-0.2, 0) is 30.6 Å². The molecule has 1 spiro atoms. The number of fused-ring (bicyclic) bond motifs is 1. The van der Waals surface area contributed by atoms with Crippen molar-refractivity contribution in [2.75, 3.05) is 19.6 Å². The molecule has 1 atom stereocenters. The Morgan fingerprint density at radius 2 is 1.59 bits per heavy atom. The van der Waals surface area contributed by atoms with Gasteiger partial charge in [-0.2, -0.15) is 0 Å². The molecular weight excluding hydrogens is 460 g/mol. The van der Waals surface area contributed by atoms with Crippen molar-refractivity contribution in [1.82, 2.24) is 19.7 Å². The van der Waals surface area contributed by atoms with Gasteiger partial charge in [-0.3, -0.25) is 19.6 Å². The third-order valence-electron chi connectivity index (χ3n) is 8.60. The first-order chi connectivity index (χ1) is 18.1. The normalized spacial score (nSPS) is 21.5.